The molecule has 0 aromatic carbocycles. The van der Waals surface area contributed by atoms with Crippen molar-refractivity contribution < 1.29 is 9.84 Å². The third-order valence-electron chi connectivity index (χ3n) is 5.05. The monoisotopic (exact) mass is 320 g/mol. The Morgan fingerprint density at radius 3 is 2.78 bits per heavy atom. The standard InChI is InChI=1S/C17H28N4O2/c1-2-23-10-15-20-14-5-9-18-8-4-13(14)16(21-15)19-11-17(12-22)6-3-7-17/h18,22H,2-12H2,1H3,(H,19,20,21). The summed E-state index contributed by atoms with van der Waals surface area (Å²) in [6.07, 6.45) is 5.27. The van der Waals surface area contributed by atoms with E-state index in [1.807, 2.05) is 6.92 Å². The highest BCUT2D eigenvalue weighted by Gasteiger charge is 2.36. The van der Waals surface area contributed by atoms with Crippen molar-refractivity contribution in [2.75, 3.05) is 38.2 Å². The van der Waals surface area contributed by atoms with Gasteiger partial charge in [-0.25, -0.2) is 9.97 Å². The van der Waals surface area contributed by atoms with Gasteiger partial charge >= 0.3 is 0 Å². The Bertz CT molecular complexity index is 526. The first-order valence-corrected chi connectivity index (χ1v) is 8.78. The van der Waals surface area contributed by atoms with Crippen LogP contribution in [0.2, 0.25) is 0 Å². The molecule has 0 saturated heterocycles. The first-order valence-electron chi connectivity index (χ1n) is 8.78. The average molecular weight is 320 g/mol. The van der Waals surface area contributed by atoms with Gasteiger partial charge in [0.15, 0.2) is 5.82 Å². The Morgan fingerprint density at radius 1 is 1.26 bits per heavy atom. The Hall–Kier alpha value is -1.24. The number of hydrogen-bond acceptors (Lipinski definition) is 6. The predicted molar refractivity (Wildman–Crippen MR) is 89.5 cm³/mol. The van der Waals surface area contributed by atoms with E-state index in [-0.39, 0.29) is 12.0 Å². The van der Waals surface area contributed by atoms with Gasteiger partial charge in [0.2, 0.25) is 0 Å². The number of nitrogens with zero attached hydrogens (tertiary/aromatic N) is 2. The third kappa shape index (κ3) is 3.82. The lowest BCUT2D eigenvalue weighted by Crippen LogP contribution is -2.40. The molecule has 1 aliphatic heterocycles. The van der Waals surface area contributed by atoms with Crippen molar-refractivity contribution in [3.8, 4) is 0 Å². The number of nitrogens with one attached hydrogen (secondary N) is 2. The van der Waals surface area contributed by atoms with Gasteiger partial charge in [-0.1, -0.05) is 6.42 Å². The van der Waals surface area contributed by atoms with E-state index in [1.54, 1.807) is 0 Å². The molecule has 1 aromatic heterocycles. The quantitative estimate of drug-likeness (QED) is 0.702. The van der Waals surface area contributed by atoms with Gasteiger partial charge < -0.3 is 20.5 Å². The molecule has 1 aliphatic carbocycles. The summed E-state index contributed by atoms with van der Waals surface area (Å²) in [6.45, 7) is 6.05. The van der Waals surface area contributed by atoms with Gasteiger partial charge in [-0.2, -0.15) is 0 Å². The lowest BCUT2D eigenvalue weighted by Gasteiger charge is -2.40. The fraction of sp³-hybridized carbons (Fsp3) is 0.765. The van der Waals surface area contributed by atoms with E-state index in [4.69, 9.17) is 14.7 Å². The molecule has 1 saturated carbocycles. The molecule has 0 amide bonds. The minimum Gasteiger partial charge on any atom is -0.396 e. The smallest absolute Gasteiger partial charge is 0.156 e. The van der Waals surface area contributed by atoms with Crippen LogP contribution in [0.15, 0.2) is 0 Å². The molecule has 6 nitrogen and oxygen atoms in total. The molecular formula is C17H28N4O2. The lowest BCUT2D eigenvalue weighted by atomic mass is 9.69. The Labute approximate surface area is 138 Å². The van der Waals surface area contributed by atoms with E-state index in [0.29, 0.717) is 13.2 Å². The van der Waals surface area contributed by atoms with Crippen molar-refractivity contribution >= 4 is 5.82 Å². The van der Waals surface area contributed by atoms with Gasteiger partial charge in [-0.15, -0.1) is 0 Å². The van der Waals surface area contributed by atoms with Crippen molar-refractivity contribution in [2.24, 2.45) is 5.41 Å². The van der Waals surface area contributed by atoms with Crippen LogP contribution in [0.25, 0.3) is 0 Å². The molecule has 3 rings (SSSR count). The second kappa shape index (κ2) is 7.55. The molecular weight excluding hydrogens is 292 g/mol. The van der Waals surface area contributed by atoms with E-state index in [2.05, 4.69) is 10.6 Å². The van der Waals surface area contributed by atoms with Gasteiger partial charge in [-0.05, 0) is 32.7 Å². The van der Waals surface area contributed by atoms with E-state index in [1.165, 1.54) is 12.0 Å². The number of aliphatic hydroxyl groups is 1. The molecule has 0 radical (unpaired) electrons. The number of rotatable bonds is 7. The summed E-state index contributed by atoms with van der Waals surface area (Å²) >= 11 is 0. The third-order valence-corrected chi connectivity index (χ3v) is 5.05. The summed E-state index contributed by atoms with van der Waals surface area (Å²) in [5.41, 5.74) is 2.40. The second-order valence-corrected chi connectivity index (χ2v) is 6.67. The van der Waals surface area contributed by atoms with Crippen LogP contribution in [0.1, 0.15) is 43.3 Å². The van der Waals surface area contributed by atoms with Gasteiger partial charge in [0.05, 0.1) is 12.3 Å². The van der Waals surface area contributed by atoms with Crippen molar-refractivity contribution in [1.82, 2.24) is 15.3 Å². The van der Waals surface area contributed by atoms with E-state index in [9.17, 15) is 5.11 Å². The fourth-order valence-electron chi connectivity index (χ4n) is 3.34. The molecule has 0 unspecified atom stereocenters. The maximum atomic E-state index is 9.67. The highest BCUT2D eigenvalue weighted by atomic mass is 16.5. The number of ether oxygens (including phenoxy) is 1. The second-order valence-electron chi connectivity index (χ2n) is 6.67. The molecule has 128 valence electrons. The minimum atomic E-state index is 0.0426. The molecule has 1 aromatic rings. The van der Waals surface area contributed by atoms with Crippen LogP contribution in [0.4, 0.5) is 5.82 Å². The van der Waals surface area contributed by atoms with Crippen LogP contribution in [0, 0.1) is 5.41 Å². The molecule has 2 heterocycles. The molecule has 6 heteroatoms. The van der Waals surface area contributed by atoms with Crippen molar-refractivity contribution in [3.05, 3.63) is 17.1 Å². The summed E-state index contributed by atoms with van der Waals surface area (Å²) in [6, 6.07) is 0. The zero-order valence-corrected chi connectivity index (χ0v) is 14.0. The van der Waals surface area contributed by atoms with E-state index in [0.717, 1.165) is 62.7 Å². The normalized spacial score (nSPS) is 19.6. The van der Waals surface area contributed by atoms with Crippen molar-refractivity contribution in [2.45, 2.75) is 45.6 Å². The van der Waals surface area contributed by atoms with Crippen LogP contribution in [-0.2, 0) is 24.2 Å². The van der Waals surface area contributed by atoms with Crippen LogP contribution in [0.5, 0.6) is 0 Å². The zero-order valence-electron chi connectivity index (χ0n) is 14.0. The Balaban J connectivity index is 1.80. The highest BCUT2D eigenvalue weighted by molar-refractivity contribution is 5.48. The molecule has 3 N–H and O–H groups in total. The largest absolute Gasteiger partial charge is 0.396 e. The molecule has 23 heavy (non-hydrogen) atoms. The Kier molecular flexibility index (Phi) is 5.46. The van der Waals surface area contributed by atoms with Gasteiger partial charge in [-0.3, -0.25) is 0 Å². The maximum absolute atomic E-state index is 9.67. The fourth-order valence-corrected chi connectivity index (χ4v) is 3.34. The maximum Gasteiger partial charge on any atom is 0.156 e. The number of fused-ring (bicyclic) bond motifs is 1. The highest BCUT2D eigenvalue weighted by Crippen LogP contribution is 2.40. The molecule has 1 fully saturated rings. The van der Waals surface area contributed by atoms with Crippen LogP contribution in [0.3, 0.4) is 0 Å². The number of aliphatic hydroxyl groups excluding tert-OH is 1. The lowest BCUT2D eigenvalue weighted by molar-refractivity contribution is 0.0575. The minimum absolute atomic E-state index is 0.0426. The van der Waals surface area contributed by atoms with E-state index >= 15 is 0 Å². The summed E-state index contributed by atoms with van der Waals surface area (Å²) < 4.78 is 5.49. The topological polar surface area (TPSA) is 79.3 Å². The summed E-state index contributed by atoms with van der Waals surface area (Å²) in [4.78, 5) is 9.41. The Morgan fingerprint density at radius 2 is 2.09 bits per heavy atom. The molecule has 0 spiro atoms. The summed E-state index contributed by atoms with van der Waals surface area (Å²) in [5.74, 6) is 1.69. The number of hydrogen-bond donors (Lipinski definition) is 3. The van der Waals surface area contributed by atoms with Gasteiger partial charge in [0.25, 0.3) is 0 Å². The first-order chi connectivity index (χ1) is 11.3. The number of aromatic nitrogens is 2. The zero-order chi connectivity index (χ0) is 16.1. The number of anilines is 1. The van der Waals surface area contributed by atoms with Crippen LogP contribution < -0.4 is 10.6 Å². The van der Waals surface area contributed by atoms with E-state index < -0.39 is 0 Å². The van der Waals surface area contributed by atoms with Crippen LogP contribution in [-0.4, -0.2) is 47.9 Å². The first kappa shape index (κ1) is 16.6. The molecule has 0 atom stereocenters. The molecule has 2 aliphatic rings. The average Bonchev–Trinajstić information content (AvgIpc) is 2.77. The SMILES string of the molecule is CCOCc1nc2c(c(NCC3(CO)CCC3)n1)CCNCC2. The predicted octanol–water partition coefficient (Wildman–Crippen LogP) is 1.28. The van der Waals surface area contributed by atoms with Crippen molar-refractivity contribution in [3.63, 3.8) is 0 Å². The summed E-state index contributed by atoms with van der Waals surface area (Å²) in [5, 5.41) is 16.6. The van der Waals surface area contributed by atoms with Crippen LogP contribution >= 0.6 is 0 Å². The molecule has 0 bridgehead atoms. The van der Waals surface area contributed by atoms with Gasteiger partial charge in [0, 0.05) is 37.1 Å². The van der Waals surface area contributed by atoms with Crippen molar-refractivity contribution in [1.29, 1.82) is 0 Å². The van der Waals surface area contributed by atoms with Gasteiger partial charge in [0.1, 0.15) is 12.4 Å². The summed E-state index contributed by atoms with van der Waals surface area (Å²) in [7, 11) is 0.